The summed E-state index contributed by atoms with van der Waals surface area (Å²) in [6.45, 7) is 1.39. The number of nitrogens with one attached hydrogen (secondary N) is 1. The molecule has 4 amide bonds. The van der Waals surface area contributed by atoms with E-state index in [1.54, 1.807) is 0 Å². The van der Waals surface area contributed by atoms with Gasteiger partial charge in [0.25, 0.3) is 5.91 Å². The average molecular weight is 415 g/mol. The highest BCUT2D eigenvalue weighted by Crippen LogP contribution is 2.37. The number of likely N-dealkylation sites (tertiary alicyclic amines) is 1. The second kappa shape index (κ2) is 9.06. The maximum absolute atomic E-state index is 12.4. The smallest absolute Gasteiger partial charge is 0.308 e. The lowest BCUT2D eigenvalue weighted by molar-refractivity contribution is -0.154. The lowest BCUT2D eigenvalue weighted by Crippen LogP contribution is -2.35. The van der Waals surface area contributed by atoms with Gasteiger partial charge in [-0.3, -0.25) is 28.9 Å². The molecule has 3 rings (SSSR count). The molecule has 3 atom stereocenters. The fourth-order valence-corrected chi connectivity index (χ4v) is 3.93. The molecule has 0 aromatic heterocycles. The van der Waals surface area contributed by atoms with Gasteiger partial charge in [-0.25, -0.2) is 0 Å². The number of carbonyl (C=O) groups excluding carboxylic acids is 5. The Kier molecular flexibility index (Phi) is 6.49. The van der Waals surface area contributed by atoms with Crippen molar-refractivity contribution >= 4 is 35.3 Å². The average Bonchev–Trinajstić information content (AvgIpc) is 2.97. The van der Waals surface area contributed by atoms with Crippen molar-refractivity contribution in [3.05, 3.63) is 29.8 Å². The van der Waals surface area contributed by atoms with E-state index in [-0.39, 0.29) is 36.6 Å². The van der Waals surface area contributed by atoms with Crippen molar-refractivity contribution in [3.63, 3.8) is 0 Å². The molecule has 0 unspecified atom stereocenters. The fourth-order valence-electron chi connectivity index (χ4n) is 3.93. The molecule has 1 saturated carbocycles. The quantitative estimate of drug-likeness (QED) is 0.508. The molecule has 2 fully saturated rings. The van der Waals surface area contributed by atoms with Crippen LogP contribution >= 0.6 is 0 Å². The van der Waals surface area contributed by atoms with Crippen molar-refractivity contribution in [2.45, 2.75) is 45.1 Å². The van der Waals surface area contributed by atoms with Crippen LogP contribution in [-0.2, 0) is 23.9 Å². The Morgan fingerprint density at radius 3 is 2.20 bits per heavy atom. The Hall–Kier alpha value is -3.23. The zero-order valence-corrected chi connectivity index (χ0v) is 16.8. The number of hydrogen-bond acceptors (Lipinski definition) is 6. The third-order valence-electron chi connectivity index (χ3n) is 5.59. The largest absolute Gasteiger partial charge is 0.452 e. The molecule has 1 aromatic carbocycles. The summed E-state index contributed by atoms with van der Waals surface area (Å²) < 4.78 is 5.12. The first-order valence-electron chi connectivity index (χ1n) is 10.0. The molecule has 0 radical (unpaired) electrons. The van der Waals surface area contributed by atoms with Crippen LogP contribution in [0, 0.1) is 11.8 Å². The van der Waals surface area contributed by atoms with Crippen LogP contribution in [0.5, 0.6) is 0 Å². The molecule has 1 aliphatic heterocycles. The number of amides is 4. The van der Waals surface area contributed by atoms with E-state index < -0.39 is 23.9 Å². The van der Waals surface area contributed by atoms with Crippen molar-refractivity contribution < 1.29 is 28.7 Å². The van der Waals surface area contributed by atoms with Crippen molar-refractivity contribution in [2.24, 2.45) is 17.6 Å². The minimum absolute atomic E-state index is 0.0353. The van der Waals surface area contributed by atoms with Crippen LogP contribution in [-0.4, -0.2) is 47.1 Å². The lowest BCUT2D eigenvalue weighted by atomic mass is 9.81. The first-order valence-corrected chi connectivity index (χ1v) is 10.0. The molecule has 0 bridgehead atoms. The summed E-state index contributed by atoms with van der Waals surface area (Å²) in [6, 6.07) is 5.96. The summed E-state index contributed by atoms with van der Waals surface area (Å²) in [6.07, 6.45) is 2.08. The minimum atomic E-state index is -1.07. The summed E-state index contributed by atoms with van der Waals surface area (Å²) >= 11 is 0. The lowest BCUT2D eigenvalue weighted by Gasteiger charge is -2.19. The van der Waals surface area contributed by atoms with Gasteiger partial charge in [0.2, 0.25) is 17.7 Å². The maximum Gasteiger partial charge on any atom is 0.308 e. The van der Waals surface area contributed by atoms with Crippen molar-refractivity contribution in [3.8, 4) is 0 Å². The summed E-state index contributed by atoms with van der Waals surface area (Å²) in [7, 11) is 0. The van der Waals surface area contributed by atoms with Crippen LogP contribution in [0.4, 0.5) is 5.69 Å². The predicted molar refractivity (Wildman–Crippen MR) is 106 cm³/mol. The number of nitrogens with two attached hydrogens (primary N) is 1. The van der Waals surface area contributed by atoms with Gasteiger partial charge in [0, 0.05) is 17.8 Å². The van der Waals surface area contributed by atoms with Gasteiger partial charge in [0.05, 0.1) is 18.3 Å². The van der Waals surface area contributed by atoms with Gasteiger partial charge in [-0.05, 0) is 44.0 Å². The van der Waals surface area contributed by atoms with Crippen LogP contribution < -0.4 is 11.1 Å². The third-order valence-corrected chi connectivity index (χ3v) is 5.59. The number of hydrogen-bond donors (Lipinski definition) is 2. The van der Waals surface area contributed by atoms with Crippen molar-refractivity contribution in [1.82, 2.24) is 4.90 Å². The van der Waals surface area contributed by atoms with E-state index in [4.69, 9.17) is 10.5 Å². The molecule has 1 saturated heterocycles. The zero-order chi connectivity index (χ0) is 21.8. The van der Waals surface area contributed by atoms with Crippen molar-refractivity contribution in [1.29, 1.82) is 0 Å². The first-order chi connectivity index (χ1) is 14.3. The van der Waals surface area contributed by atoms with E-state index >= 15 is 0 Å². The Labute approximate surface area is 173 Å². The SMILES string of the molecule is C[C@H](OC(=O)CCN1C(=O)[C@@H]2CCCC[C@H]2C1=O)C(=O)Nc1ccc(C(N)=O)cc1. The van der Waals surface area contributed by atoms with E-state index in [0.717, 1.165) is 17.7 Å². The highest BCUT2D eigenvalue weighted by Gasteiger charge is 2.47. The van der Waals surface area contributed by atoms with E-state index in [1.165, 1.54) is 31.2 Å². The topological polar surface area (TPSA) is 136 Å². The summed E-state index contributed by atoms with van der Waals surface area (Å²) in [4.78, 5) is 61.4. The Morgan fingerprint density at radius 1 is 1.10 bits per heavy atom. The number of imide groups is 1. The number of anilines is 1. The van der Waals surface area contributed by atoms with Gasteiger partial charge in [-0.15, -0.1) is 0 Å². The van der Waals surface area contributed by atoms with Crippen LogP contribution in [0.3, 0.4) is 0 Å². The molecule has 160 valence electrons. The number of carbonyl (C=O) groups is 5. The van der Waals surface area contributed by atoms with E-state index in [1.807, 2.05) is 0 Å². The molecule has 0 spiro atoms. The predicted octanol–water partition coefficient (Wildman–Crippen LogP) is 1.22. The highest BCUT2D eigenvalue weighted by molar-refractivity contribution is 6.05. The first kappa shape index (κ1) is 21.5. The number of esters is 1. The molecule has 9 nitrogen and oxygen atoms in total. The number of benzene rings is 1. The number of nitrogens with zero attached hydrogens (tertiary/aromatic N) is 1. The van der Waals surface area contributed by atoms with Gasteiger partial charge < -0.3 is 15.8 Å². The molecule has 2 aliphatic rings. The van der Waals surface area contributed by atoms with Gasteiger partial charge in [-0.1, -0.05) is 12.8 Å². The third kappa shape index (κ3) is 4.67. The van der Waals surface area contributed by atoms with Gasteiger partial charge in [0.15, 0.2) is 6.10 Å². The number of fused-ring (bicyclic) bond motifs is 1. The molecule has 1 heterocycles. The van der Waals surface area contributed by atoms with E-state index in [0.29, 0.717) is 24.1 Å². The maximum atomic E-state index is 12.4. The van der Waals surface area contributed by atoms with E-state index in [9.17, 15) is 24.0 Å². The van der Waals surface area contributed by atoms with Crippen molar-refractivity contribution in [2.75, 3.05) is 11.9 Å². The number of primary amides is 1. The summed E-state index contributed by atoms with van der Waals surface area (Å²) in [5, 5.41) is 2.57. The summed E-state index contributed by atoms with van der Waals surface area (Å²) in [5.41, 5.74) is 5.89. The van der Waals surface area contributed by atoms with Crippen LogP contribution in [0.2, 0.25) is 0 Å². The number of ether oxygens (including phenoxy) is 1. The Morgan fingerprint density at radius 2 is 1.67 bits per heavy atom. The van der Waals surface area contributed by atoms with Crippen LogP contribution in [0.15, 0.2) is 24.3 Å². The van der Waals surface area contributed by atoms with Gasteiger partial charge >= 0.3 is 5.97 Å². The molecule has 9 heteroatoms. The monoisotopic (exact) mass is 415 g/mol. The molecular formula is C21H25N3O6. The van der Waals surface area contributed by atoms with Gasteiger partial charge in [-0.2, -0.15) is 0 Å². The normalized spacial score (nSPS) is 21.7. The van der Waals surface area contributed by atoms with Crippen LogP contribution in [0.25, 0.3) is 0 Å². The minimum Gasteiger partial charge on any atom is -0.452 e. The standard InChI is InChI=1S/C21H25N3O6/c1-12(19(27)23-14-8-6-13(7-9-14)18(22)26)30-17(25)10-11-24-20(28)15-4-2-3-5-16(15)21(24)29/h6-9,12,15-16H,2-5,10-11H2,1H3,(H2,22,26)(H,23,27)/t12-,15+,16+/m0/s1. The molecule has 1 aliphatic carbocycles. The molecule has 30 heavy (non-hydrogen) atoms. The Balaban J connectivity index is 1.47. The molecule has 1 aromatic rings. The summed E-state index contributed by atoms with van der Waals surface area (Å²) in [5.74, 6) is -2.72. The van der Waals surface area contributed by atoms with Gasteiger partial charge in [0.1, 0.15) is 0 Å². The second-order valence-corrected chi connectivity index (χ2v) is 7.64. The highest BCUT2D eigenvalue weighted by atomic mass is 16.5. The van der Waals surface area contributed by atoms with E-state index in [2.05, 4.69) is 5.32 Å². The second-order valence-electron chi connectivity index (χ2n) is 7.64. The fraction of sp³-hybridized carbons (Fsp3) is 0.476. The molecular weight excluding hydrogens is 390 g/mol. The van der Waals surface area contributed by atoms with Crippen LogP contribution in [0.1, 0.15) is 49.4 Å². The number of rotatable bonds is 7. The zero-order valence-electron chi connectivity index (χ0n) is 16.8. The Bertz CT molecular complexity index is 842. The molecule has 3 N–H and O–H groups in total.